The number of esters is 1. The lowest BCUT2D eigenvalue weighted by Crippen LogP contribution is -2.33. The average Bonchev–Trinajstić information content (AvgIpc) is 3.35. The quantitative estimate of drug-likeness (QED) is 0.341. The Morgan fingerprint density at radius 3 is 2.66 bits per heavy atom. The second-order valence-corrected chi connectivity index (χ2v) is 8.73. The minimum Gasteiger partial charge on any atom is -0.459 e. The Morgan fingerprint density at radius 2 is 1.97 bits per heavy atom. The van der Waals surface area contributed by atoms with Gasteiger partial charge in [0.15, 0.2) is 0 Å². The molecule has 0 saturated heterocycles. The molecule has 0 radical (unpaired) electrons. The lowest BCUT2D eigenvalue weighted by Gasteiger charge is -2.16. The van der Waals surface area contributed by atoms with E-state index in [4.69, 9.17) is 14.2 Å². The molecule has 3 rings (SSSR count). The van der Waals surface area contributed by atoms with Crippen LogP contribution in [0.3, 0.4) is 0 Å². The largest absolute Gasteiger partial charge is 0.459 e. The molecule has 1 N–H and O–H groups in total. The van der Waals surface area contributed by atoms with E-state index in [1.165, 1.54) is 29.3 Å². The SMILES string of the molecule is CCC(C(=O)Nc1nnc(COC)s1)n1cnc2sc(C(=O)OCCOC)c(C)c2c1=O. The Bertz CT molecular complexity index is 1170. The summed E-state index contributed by atoms with van der Waals surface area (Å²) >= 11 is 2.27. The highest BCUT2D eigenvalue weighted by molar-refractivity contribution is 7.20. The molecule has 172 valence electrons. The van der Waals surface area contributed by atoms with Crippen LogP contribution < -0.4 is 10.9 Å². The molecule has 13 heteroatoms. The van der Waals surface area contributed by atoms with Crippen molar-refractivity contribution >= 4 is 49.9 Å². The molecule has 11 nitrogen and oxygen atoms in total. The molecule has 0 fully saturated rings. The van der Waals surface area contributed by atoms with Gasteiger partial charge in [-0.3, -0.25) is 19.5 Å². The summed E-state index contributed by atoms with van der Waals surface area (Å²) in [5.41, 5.74) is 0.0712. The lowest BCUT2D eigenvalue weighted by molar-refractivity contribution is -0.119. The summed E-state index contributed by atoms with van der Waals surface area (Å²) in [5.74, 6) is -0.954. The van der Waals surface area contributed by atoms with Crippen molar-refractivity contribution in [2.45, 2.75) is 32.9 Å². The number of carbonyl (C=O) groups excluding carboxylic acids is 2. The van der Waals surface area contributed by atoms with E-state index in [2.05, 4.69) is 20.5 Å². The molecule has 0 saturated carbocycles. The number of thiophene rings is 1. The van der Waals surface area contributed by atoms with Gasteiger partial charge in [0.1, 0.15) is 34.0 Å². The summed E-state index contributed by atoms with van der Waals surface area (Å²) in [4.78, 5) is 43.5. The number of carbonyl (C=O) groups is 2. The van der Waals surface area contributed by atoms with Crippen molar-refractivity contribution in [3.05, 3.63) is 32.1 Å². The molecule has 3 aromatic heterocycles. The van der Waals surface area contributed by atoms with Gasteiger partial charge in [-0.1, -0.05) is 18.3 Å². The maximum atomic E-state index is 13.2. The molecule has 0 aromatic carbocycles. The Labute approximate surface area is 191 Å². The molecule has 1 unspecified atom stereocenters. The first kappa shape index (κ1) is 23.9. The van der Waals surface area contributed by atoms with Crippen LogP contribution >= 0.6 is 22.7 Å². The van der Waals surface area contributed by atoms with Crippen LogP contribution in [0.5, 0.6) is 0 Å². The second kappa shape index (κ2) is 10.7. The van der Waals surface area contributed by atoms with Crippen molar-refractivity contribution in [3.63, 3.8) is 0 Å². The summed E-state index contributed by atoms with van der Waals surface area (Å²) < 4.78 is 16.3. The molecule has 32 heavy (non-hydrogen) atoms. The van der Waals surface area contributed by atoms with Crippen molar-refractivity contribution in [2.75, 3.05) is 32.8 Å². The molecule has 0 aliphatic carbocycles. The van der Waals surface area contributed by atoms with Crippen LogP contribution in [-0.4, -0.2) is 59.1 Å². The van der Waals surface area contributed by atoms with Crippen molar-refractivity contribution in [2.24, 2.45) is 0 Å². The molecule has 0 aliphatic rings. The number of amides is 1. The third-order valence-corrected chi connectivity index (χ3v) is 6.56. The van der Waals surface area contributed by atoms with Crippen LogP contribution in [0.4, 0.5) is 5.13 Å². The fraction of sp³-hybridized carbons (Fsp3) is 0.474. The zero-order valence-corrected chi connectivity index (χ0v) is 19.7. The first-order valence-corrected chi connectivity index (χ1v) is 11.3. The number of nitrogens with one attached hydrogen (secondary N) is 1. The van der Waals surface area contributed by atoms with Gasteiger partial charge in [0.05, 0.1) is 18.3 Å². The molecule has 0 spiro atoms. The van der Waals surface area contributed by atoms with Gasteiger partial charge < -0.3 is 14.2 Å². The minimum absolute atomic E-state index is 0.108. The lowest BCUT2D eigenvalue weighted by atomic mass is 10.2. The number of hydrogen-bond donors (Lipinski definition) is 1. The molecular formula is C19H23N5O6S2. The van der Waals surface area contributed by atoms with E-state index in [9.17, 15) is 14.4 Å². The monoisotopic (exact) mass is 481 g/mol. The van der Waals surface area contributed by atoms with Crippen LogP contribution in [0.15, 0.2) is 11.1 Å². The van der Waals surface area contributed by atoms with Crippen LogP contribution in [0.25, 0.3) is 10.2 Å². The summed E-state index contributed by atoms with van der Waals surface area (Å²) in [5, 5.41) is 11.8. The van der Waals surface area contributed by atoms with E-state index in [1.54, 1.807) is 21.0 Å². The van der Waals surface area contributed by atoms with E-state index < -0.39 is 23.5 Å². The van der Waals surface area contributed by atoms with Crippen LogP contribution in [-0.2, 0) is 25.6 Å². The molecular weight excluding hydrogens is 458 g/mol. The standard InChI is InChI=1S/C19H23N5O6S2/c1-5-11(15(25)21-19-23-22-12(31-19)8-29-4)24-9-20-16-13(17(24)26)10(2)14(32-16)18(27)30-7-6-28-3/h9,11H,5-8H2,1-4H3,(H,21,23,25). The van der Waals surface area contributed by atoms with Gasteiger partial charge in [0, 0.05) is 14.2 Å². The average molecular weight is 482 g/mol. The molecule has 3 aromatic rings. The van der Waals surface area contributed by atoms with Crippen LogP contribution in [0, 0.1) is 6.92 Å². The Hall–Kier alpha value is -2.74. The van der Waals surface area contributed by atoms with Gasteiger partial charge in [0.2, 0.25) is 11.0 Å². The number of hydrogen-bond acceptors (Lipinski definition) is 11. The van der Waals surface area contributed by atoms with Crippen molar-refractivity contribution in [1.82, 2.24) is 19.7 Å². The number of aryl methyl sites for hydroxylation is 1. The summed E-state index contributed by atoms with van der Waals surface area (Å²) in [7, 11) is 3.05. The normalized spacial score (nSPS) is 12.1. The van der Waals surface area contributed by atoms with E-state index in [1.807, 2.05) is 0 Å². The van der Waals surface area contributed by atoms with Crippen LogP contribution in [0.2, 0.25) is 0 Å². The Balaban J connectivity index is 1.88. The smallest absolute Gasteiger partial charge is 0.348 e. The number of methoxy groups -OCH3 is 2. The fourth-order valence-electron chi connectivity index (χ4n) is 3.02. The summed E-state index contributed by atoms with van der Waals surface area (Å²) in [6, 6.07) is -0.814. The fourth-order valence-corrected chi connectivity index (χ4v) is 4.77. The van der Waals surface area contributed by atoms with Gasteiger partial charge in [-0.05, 0) is 18.9 Å². The predicted octanol–water partition coefficient (Wildman–Crippen LogP) is 2.16. The van der Waals surface area contributed by atoms with Gasteiger partial charge in [-0.2, -0.15) is 0 Å². The maximum absolute atomic E-state index is 13.2. The first-order chi connectivity index (χ1) is 15.4. The third-order valence-electron chi connectivity index (χ3n) is 4.57. The summed E-state index contributed by atoms with van der Waals surface area (Å²) in [6.07, 6.45) is 1.67. The maximum Gasteiger partial charge on any atom is 0.348 e. The number of rotatable bonds is 10. The van der Waals surface area contributed by atoms with Gasteiger partial charge in [-0.25, -0.2) is 9.78 Å². The molecule has 3 heterocycles. The van der Waals surface area contributed by atoms with Gasteiger partial charge in [0.25, 0.3) is 5.56 Å². The highest BCUT2D eigenvalue weighted by Crippen LogP contribution is 2.28. The van der Waals surface area contributed by atoms with E-state index in [0.29, 0.717) is 43.8 Å². The topological polar surface area (TPSA) is 135 Å². The van der Waals surface area contributed by atoms with Crippen molar-refractivity contribution in [3.8, 4) is 0 Å². The van der Waals surface area contributed by atoms with Gasteiger partial charge >= 0.3 is 5.97 Å². The first-order valence-electron chi connectivity index (χ1n) is 9.69. The molecule has 0 bridgehead atoms. The number of fused-ring (bicyclic) bond motifs is 1. The number of ether oxygens (including phenoxy) is 3. The van der Waals surface area contributed by atoms with Crippen LogP contribution in [0.1, 0.15) is 39.6 Å². The van der Waals surface area contributed by atoms with E-state index in [-0.39, 0.29) is 13.2 Å². The molecule has 0 aliphatic heterocycles. The Morgan fingerprint density at radius 1 is 1.19 bits per heavy atom. The van der Waals surface area contributed by atoms with Gasteiger partial charge in [-0.15, -0.1) is 21.5 Å². The van der Waals surface area contributed by atoms with E-state index in [0.717, 1.165) is 11.3 Å². The zero-order valence-electron chi connectivity index (χ0n) is 18.0. The van der Waals surface area contributed by atoms with Crippen molar-refractivity contribution in [1.29, 1.82) is 0 Å². The predicted molar refractivity (Wildman–Crippen MR) is 119 cm³/mol. The highest BCUT2D eigenvalue weighted by Gasteiger charge is 2.25. The number of nitrogens with zero attached hydrogens (tertiary/aromatic N) is 4. The molecule has 1 amide bonds. The highest BCUT2D eigenvalue weighted by atomic mass is 32.1. The number of aromatic nitrogens is 4. The number of anilines is 1. The Kier molecular flexibility index (Phi) is 8.01. The second-order valence-electron chi connectivity index (χ2n) is 6.67. The minimum atomic E-state index is -0.814. The summed E-state index contributed by atoms with van der Waals surface area (Å²) in [6.45, 7) is 4.12. The third kappa shape index (κ3) is 5.01. The zero-order chi connectivity index (χ0) is 23.3. The van der Waals surface area contributed by atoms with Crippen molar-refractivity contribution < 1.29 is 23.8 Å². The molecule has 1 atom stereocenters. The van der Waals surface area contributed by atoms with E-state index >= 15 is 0 Å².